The minimum absolute atomic E-state index is 0.202. The highest BCUT2D eigenvalue weighted by Gasteiger charge is 2.33. The summed E-state index contributed by atoms with van der Waals surface area (Å²) in [5, 5.41) is 19.2. The van der Waals surface area contributed by atoms with Crippen LogP contribution in [0.5, 0.6) is 0 Å². The Balaban J connectivity index is 2.72. The van der Waals surface area contributed by atoms with Gasteiger partial charge in [0.15, 0.2) is 0 Å². The fourth-order valence-electron chi connectivity index (χ4n) is 2.21. The molecular formula is C16H21FO4. The van der Waals surface area contributed by atoms with Crippen LogP contribution in [-0.2, 0) is 16.0 Å². The van der Waals surface area contributed by atoms with Gasteiger partial charge in [0.2, 0.25) is 0 Å². The lowest BCUT2D eigenvalue weighted by Crippen LogP contribution is -2.38. The van der Waals surface area contributed by atoms with Crippen molar-refractivity contribution in [3.05, 3.63) is 35.6 Å². The predicted octanol–water partition coefficient (Wildman–Crippen LogP) is 2.58. The zero-order chi connectivity index (χ0) is 16.0. The second-order valence-corrected chi connectivity index (χ2v) is 5.67. The smallest absolute Gasteiger partial charge is 0.310 e. The zero-order valence-corrected chi connectivity index (χ0v) is 12.3. The van der Waals surface area contributed by atoms with E-state index in [2.05, 4.69) is 0 Å². The molecule has 4 nitrogen and oxygen atoms in total. The number of carboxylic acids is 1. The molecule has 5 heteroatoms. The number of Topliss-reactive ketones (excluding diaryl/α,β-unsaturated/α-hetero) is 1. The van der Waals surface area contributed by atoms with E-state index in [1.54, 1.807) is 26.0 Å². The van der Waals surface area contributed by atoms with E-state index in [1.165, 1.54) is 12.1 Å². The Hall–Kier alpha value is -1.75. The molecule has 0 aromatic heterocycles. The lowest BCUT2D eigenvalue weighted by molar-refractivity contribution is -0.142. The van der Waals surface area contributed by atoms with Gasteiger partial charge in [-0.2, -0.15) is 0 Å². The van der Waals surface area contributed by atoms with E-state index >= 15 is 0 Å². The first-order valence-electron chi connectivity index (χ1n) is 6.93. The van der Waals surface area contributed by atoms with Gasteiger partial charge in [0.05, 0.1) is 5.60 Å². The molecule has 1 aromatic carbocycles. The SMILES string of the molecule is CC(C)C(O)(CCc1cccc(F)c1)CC(=O)CC(=O)O. The molecule has 21 heavy (non-hydrogen) atoms. The standard InChI is InChI=1S/C16H21FO4/c1-11(2)16(21,10-14(18)9-15(19)20)7-6-12-4-3-5-13(17)8-12/h3-5,8,11,21H,6-7,9-10H2,1-2H3,(H,19,20). The summed E-state index contributed by atoms with van der Waals surface area (Å²) >= 11 is 0. The molecule has 1 unspecified atom stereocenters. The summed E-state index contributed by atoms with van der Waals surface area (Å²) in [4.78, 5) is 22.2. The van der Waals surface area contributed by atoms with Gasteiger partial charge in [0.1, 0.15) is 18.0 Å². The normalized spacial score (nSPS) is 14.0. The second kappa shape index (κ2) is 7.31. The number of carbonyl (C=O) groups is 2. The van der Waals surface area contributed by atoms with E-state index in [9.17, 15) is 19.1 Å². The van der Waals surface area contributed by atoms with Crippen molar-refractivity contribution in [1.82, 2.24) is 0 Å². The Morgan fingerprint density at radius 3 is 2.52 bits per heavy atom. The molecule has 1 aromatic rings. The summed E-state index contributed by atoms with van der Waals surface area (Å²) in [6.45, 7) is 3.55. The highest BCUT2D eigenvalue weighted by atomic mass is 19.1. The number of carbonyl (C=O) groups excluding carboxylic acids is 1. The number of aryl methyl sites for hydroxylation is 1. The molecule has 0 heterocycles. The monoisotopic (exact) mass is 296 g/mol. The molecule has 0 radical (unpaired) electrons. The van der Waals surface area contributed by atoms with Crippen molar-refractivity contribution in [1.29, 1.82) is 0 Å². The number of hydrogen-bond donors (Lipinski definition) is 2. The van der Waals surface area contributed by atoms with Crippen molar-refractivity contribution in [3.63, 3.8) is 0 Å². The molecule has 0 fully saturated rings. The van der Waals surface area contributed by atoms with E-state index in [1.807, 2.05) is 0 Å². The summed E-state index contributed by atoms with van der Waals surface area (Å²) in [7, 11) is 0. The maximum absolute atomic E-state index is 13.1. The molecule has 1 atom stereocenters. The lowest BCUT2D eigenvalue weighted by Gasteiger charge is -2.31. The molecule has 1 rings (SSSR count). The van der Waals surface area contributed by atoms with Crippen LogP contribution in [-0.4, -0.2) is 27.6 Å². The molecule has 0 amide bonds. The van der Waals surface area contributed by atoms with Crippen LogP contribution in [0.2, 0.25) is 0 Å². The van der Waals surface area contributed by atoms with Crippen LogP contribution in [0, 0.1) is 11.7 Å². The molecular weight excluding hydrogens is 275 g/mol. The molecule has 0 saturated heterocycles. The van der Waals surface area contributed by atoms with Crippen LogP contribution < -0.4 is 0 Å². The largest absolute Gasteiger partial charge is 0.481 e. The van der Waals surface area contributed by atoms with Crippen molar-refractivity contribution in [2.45, 2.75) is 45.1 Å². The van der Waals surface area contributed by atoms with Gasteiger partial charge in [-0.15, -0.1) is 0 Å². The third-order valence-corrected chi connectivity index (χ3v) is 3.66. The van der Waals surface area contributed by atoms with E-state index < -0.39 is 23.8 Å². The number of rotatable bonds is 8. The van der Waals surface area contributed by atoms with E-state index in [0.29, 0.717) is 6.42 Å². The van der Waals surface area contributed by atoms with Gasteiger partial charge in [-0.3, -0.25) is 9.59 Å². The van der Waals surface area contributed by atoms with Crippen LogP contribution >= 0.6 is 0 Å². The van der Waals surface area contributed by atoms with Gasteiger partial charge in [0, 0.05) is 6.42 Å². The van der Waals surface area contributed by atoms with E-state index in [0.717, 1.165) is 5.56 Å². The van der Waals surface area contributed by atoms with Gasteiger partial charge in [-0.1, -0.05) is 26.0 Å². The molecule has 0 aliphatic heterocycles. The van der Waals surface area contributed by atoms with Gasteiger partial charge in [-0.05, 0) is 36.5 Å². The Morgan fingerprint density at radius 1 is 1.33 bits per heavy atom. The first-order chi connectivity index (χ1) is 9.73. The Kier molecular flexibility index (Phi) is 6.03. The van der Waals surface area contributed by atoms with Gasteiger partial charge in [-0.25, -0.2) is 4.39 Å². The van der Waals surface area contributed by atoms with Crippen LogP contribution in [0.3, 0.4) is 0 Å². The maximum Gasteiger partial charge on any atom is 0.310 e. The number of ketones is 1. The average Bonchev–Trinajstić information content (AvgIpc) is 2.35. The molecule has 116 valence electrons. The van der Waals surface area contributed by atoms with Crippen molar-refractivity contribution in [3.8, 4) is 0 Å². The fourth-order valence-corrected chi connectivity index (χ4v) is 2.21. The first-order valence-corrected chi connectivity index (χ1v) is 6.93. The highest BCUT2D eigenvalue weighted by Crippen LogP contribution is 2.28. The van der Waals surface area contributed by atoms with E-state index in [-0.39, 0.29) is 24.6 Å². The minimum Gasteiger partial charge on any atom is -0.481 e. The van der Waals surface area contributed by atoms with Crippen LogP contribution in [0.4, 0.5) is 4.39 Å². The van der Waals surface area contributed by atoms with Gasteiger partial charge >= 0.3 is 5.97 Å². The number of hydrogen-bond acceptors (Lipinski definition) is 3. The number of benzene rings is 1. The van der Waals surface area contributed by atoms with E-state index in [4.69, 9.17) is 5.11 Å². The molecule has 0 saturated carbocycles. The number of aliphatic carboxylic acids is 1. The fraction of sp³-hybridized carbons (Fsp3) is 0.500. The predicted molar refractivity (Wildman–Crippen MR) is 76.4 cm³/mol. The summed E-state index contributed by atoms with van der Waals surface area (Å²) in [6, 6.07) is 6.08. The van der Waals surface area contributed by atoms with Crippen LogP contribution in [0.25, 0.3) is 0 Å². The third-order valence-electron chi connectivity index (χ3n) is 3.66. The highest BCUT2D eigenvalue weighted by molar-refractivity contribution is 5.95. The Morgan fingerprint density at radius 2 is 2.00 bits per heavy atom. The maximum atomic E-state index is 13.1. The molecule has 0 spiro atoms. The number of aliphatic hydroxyl groups is 1. The van der Waals surface area contributed by atoms with Crippen molar-refractivity contribution in [2.75, 3.05) is 0 Å². The molecule has 0 bridgehead atoms. The van der Waals surface area contributed by atoms with Crippen molar-refractivity contribution in [2.24, 2.45) is 5.92 Å². The Bertz CT molecular complexity index is 513. The topological polar surface area (TPSA) is 74.6 Å². The van der Waals surface area contributed by atoms with Crippen LogP contribution in [0.1, 0.15) is 38.7 Å². The lowest BCUT2D eigenvalue weighted by atomic mass is 9.80. The first kappa shape index (κ1) is 17.3. The summed E-state index contributed by atoms with van der Waals surface area (Å²) in [5.74, 6) is -2.25. The third kappa shape index (κ3) is 5.63. The van der Waals surface area contributed by atoms with Gasteiger partial charge < -0.3 is 10.2 Å². The van der Waals surface area contributed by atoms with Crippen molar-refractivity contribution < 1.29 is 24.2 Å². The summed E-state index contributed by atoms with van der Waals surface area (Å²) in [6.07, 6.45) is -0.0897. The van der Waals surface area contributed by atoms with Crippen LogP contribution in [0.15, 0.2) is 24.3 Å². The average molecular weight is 296 g/mol. The summed E-state index contributed by atoms with van der Waals surface area (Å²) < 4.78 is 13.1. The molecule has 0 aliphatic rings. The Labute approximate surface area is 123 Å². The zero-order valence-electron chi connectivity index (χ0n) is 12.3. The molecule has 0 aliphatic carbocycles. The minimum atomic E-state index is -1.28. The quantitative estimate of drug-likeness (QED) is 0.723. The van der Waals surface area contributed by atoms with Crippen molar-refractivity contribution >= 4 is 11.8 Å². The number of halogens is 1. The number of carboxylic acid groups (broad SMARTS) is 1. The second-order valence-electron chi connectivity index (χ2n) is 5.67. The molecule has 2 N–H and O–H groups in total. The summed E-state index contributed by atoms with van der Waals surface area (Å²) in [5.41, 5.74) is -0.543. The van der Waals surface area contributed by atoms with Gasteiger partial charge in [0.25, 0.3) is 0 Å².